The summed E-state index contributed by atoms with van der Waals surface area (Å²) in [6.07, 6.45) is 9.76. The van der Waals surface area contributed by atoms with Gasteiger partial charge in [0.2, 0.25) is 0 Å². The maximum atomic E-state index is 5.63. The SMILES string of the molecule is COc1ccc(OC)c2nc(N3CCCC3)c(CNCCCN3C[C@H]4C=C[C@H]3C4)cc12. The van der Waals surface area contributed by atoms with Gasteiger partial charge in [0.15, 0.2) is 0 Å². The second kappa shape index (κ2) is 9.05. The molecule has 0 radical (unpaired) electrons. The van der Waals surface area contributed by atoms with E-state index in [0.717, 1.165) is 60.3 Å². The number of methoxy groups -OCH3 is 2. The lowest BCUT2D eigenvalue weighted by atomic mass is 10.1. The Balaban J connectivity index is 1.31. The fourth-order valence-corrected chi connectivity index (χ4v) is 5.40. The first kappa shape index (κ1) is 20.6. The van der Waals surface area contributed by atoms with Crippen molar-refractivity contribution in [3.8, 4) is 11.5 Å². The Kier molecular flexibility index (Phi) is 6.01. The molecule has 0 amide bonds. The Labute approximate surface area is 185 Å². The van der Waals surface area contributed by atoms with Gasteiger partial charge in [-0.15, -0.1) is 0 Å². The Hall–Kier alpha value is -2.31. The van der Waals surface area contributed by atoms with Crippen LogP contribution < -0.4 is 19.7 Å². The summed E-state index contributed by atoms with van der Waals surface area (Å²) in [7, 11) is 3.42. The van der Waals surface area contributed by atoms with E-state index < -0.39 is 0 Å². The molecule has 2 aliphatic heterocycles. The van der Waals surface area contributed by atoms with E-state index in [9.17, 15) is 0 Å². The smallest absolute Gasteiger partial charge is 0.145 e. The number of hydrogen-bond donors (Lipinski definition) is 1. The summed E-state index contributed by atoms with van der Waals surface area (Å²) in [4.78, 5) is 10.1. The zero-order valence-electron chi connectivity index (χ0n) is 18.8. The van der Waals surface area contributed by atoms with Crippen molar-refractivity contribution in [3.05, 3.63) is 35.9 Å². The van der Waals surface area contributed by atoms with E-state index in [1.807, 2.05) is 12.1 Å². The predicted octanol–water partition coefficient (Wildman–Crippen LogP) is 3.59. The maximum Gasteiger partial charge on any atom is 0.145 e. The number of nitrogens with one attached hydrogen (secondary N) is 1. The number of pyridine rings is 1. The molecule has 0 saturated carbocycles. The maximum absolute atomic E-state index is 5.63. The predicted molar refractivity (Wildman–Crippen MR) is 125 cm³/mol. The van der Waals surface area contributed by atoms with Crippen LogP contribution >= 0.6 is 0 Å². The molecule has 1 aromatic heterocycles. The van der Waals surface area contributed by atoms with Crippen molar-refractivity contribution in [2.75, 3.05) is 51.8 Å². The molecule has 2 saturated heterocycles. The topological polar surface area (TPSA) is 49.9 Å². The van der Waals surface area contributed by atoms with Gasteiger partial charge in [-0.05, 0) is 62.9 Å². The summed E-state index contributed by atoms with van der Waals surface area (Å²) in [6.45, 7) is 6.41. The van der Waals surface area contributed by atoms with E-state index >= 15 is 0 Å². The number of nitrogens with zero attached hydrogens (tertiary/aromatic N) is 3. The molecular formula is C25H34N4O2. The molecule has 1 N–H and O–H groups in total. The molecular weight excluding hydrogens is 388 g/mol. The molecule has 2 aromatic rings. The average Bonchev–Trinajstić information content (AvgIpc) is 3.56. The molecule has 3 heterocycles. The molecule has 0 spiro atoms. The lowest BCUT2D eigenvalue weighted by molar-refractivity contribution is 0.274. The highest BCUT2D eigenvalue weighted by Gasteiger charge is 2.32. The highest BCUT2D eigenvalue weighted by molar-refractivity contribution is 5.92. The molecule has 6 nitrogen and oxygen atoms in total. The van der Waals surface area contributed by atoms with Gasteiger partial charge in [0.1, 0.15) is 22.8 Å². The highest BCUT2D eigenvalue weighted by Crippen LogP contribution is 2.36. The highest BCUT2D eigenvalue weighted by atomic mass is 16.5. The van der Waals surface area contributed by atoms with Crippen molar-refractivity contribution in [1.29, 1.82) is 0 Å². The second-order valence-corrected chi connectivity index (χ2v) is 9.00. The van der Waals surface area contributed by atoms with Crippen molar-refractivity contribution in [3.63, 3.8) is 0 Å². The number of ether oxygens (including phenoxy) is 2. The van der Waals surface area contributed by atoms with Crippen LogP contribution in [0.25, 0.3) is 10.9 Å². The minimum absolute atomic E-state index is 0.693. The first-order chi connectivity index (χ1) is 15.3. The molecule has 1 aliphatic carbocycles. The van der Waals surface area contributed by atoms with Crippen LogP contribution in [0.3, 0.4) is 0 Å². The zero-order valence-corrected chi connectivity index (χ0v) is 18.8. The quantitative estimate of drug-likeness (QED) is 0.492. The minimum atomic E-state index is 0.693. The Bertz CT molecular complexity index is 954. The number of anilines is 1. The number of likely N-dealkylation sites (tertiary alicyclic amines) is 1. The largest absolute Gasteiger partial charge is 0.496 e. The van der Waals surface area contributed by atoms with E-state index in [2.05, 4.69) is 33.3 Å². The van der Waals surface area contributed by atoms with Crippen molar-refractivity contribution in [2.45, 2.75) is 38.3 Å². The monoisotopic (exact) mass is 422 g/mol. The molecule has 3 aliphatic rings. The molecule has 5 rings (SSSR count). The van der Waals surface area contributed by atoms with Gasteiger partial charge in [-0.1, -0.05) is 12.2 Å². The summed E-state index contributed by atoms with van der Waals surface area (Å²) >= 11 is 0. The van der Waals surface area contributed by atoms with E-state index in [1.165, 1.54) is 44.3 Å². The lowest BCUT2D eigenvalue weighted by Gasteiger charge is -2.24. The molecule has 166 valence electrons. The molecule has 2 bridgehead atoms. The van der Waals surface area contributed by atoms with Crippen LogP contribution in [0.2, 0.25) is 0 Å². The molecule has 6 heteroatoms. The summed E-state index contributed by atoms with van der Waals surface area (Å²) in [5.74, 6) is 3.53. The molecule has 31 heavy (non-hydrogen) atoms. The third-order valence-corrected chi connectivity index (χ3v) is 7.01. The second-order valence-electron chi connectivity index (χ2n) is 9.00. The van der Waals surface area contributed by atoms with Gasteiger partial charge in [0.25, 0.3) is 0 Å². The van der Waals surface area contributed by atoms with Gasteiger partial charge in [0.05, 0.1) is 14.2 Å². The number of fused-ring (bicyclic) bond motifs is 3. The molecule has 0 unspecified atom stereocenters. The Morgan fingerprint density at radius 3 is 2.61 bits per heavy atom. The average molecular weight is 423 g/mol. The van der Waals surface area contributed by atoms with Gasteiger partial charge >= 0.3 is 0 Å². The van der Waals surface area contributed by atoms with E-state index in [4.69, 9.17) is 14.5 Å². The van der Waals surface area contributed by atoms with Gasteiger partial charge in [-0.2, -0.15) is 0 Å². The first-order valence-electron chi connectivity index (χ1n) is 11.7. The number of hydrogen-bond acceptors (Lipinski definition) is 6. The molecule has 1 aromatic carbocycles. The van der Waals surface area contributed by atoms with Gasteiger partial charge < -0.3 is 19.7 Å². The third-order valence-electron chi connectivity index (χ3n) is 7.01. The summed E-state index contributed by atoms with van der Waals surface area (Å²) in [6, 6.07) is 6.85. The normalized spacial score (nSPS) is 22.7. The summed E-state index contributed by atoms with van der Waals surface area (Å²) in [5.41, 5.74) is 2.12. The number of rotatable bonds is 9. The Morgan fingerprint density at radius 1 is 1.10 bits per heavy atom. The van der Waals surface area contributed by atoms with Crippen LogP contribution in [-0.2, 0) is 6.54 Å². The third kappa shape index (κ3) is 4.11. The Morgan fingerprint density at radius 2 is 1.90 bits per heavy atom. The van der Waals surface area contributed by atoms with Crippen LogP contribution in [0.5, 0.6) is 11.5 Å². The van der Waals surface area contributed by atoms with Gasteiger partial charge in [0, 0.05) is 43.2 Å². The van der Waals surface area contributed by atoms with Gasteiger partial charge in [-0.25, -0.2) is 4.98 Å². The van der Waals surface area contributed by atoms with Crippen molar-refractivity contribution < 1.29 is 9.47 Å². The fraction of sp³-hybridized carbons (Fsp3) is 0.560. The van der Waals surface area contributed by atoms with Crippen LogP contribution in [0.1, 0.15) is 31.2 Å². The summed E-state index contributed by atoms with van der Waals surface area (Å²) in [5, 5.41) is 4.70. The van der Waals surface area contributed by atoms with E-state index in [1.54, 1.807) is 14.2 Å². The van der Waals surface area contributed by atoms with Crippen molar-refractivity contribution in [1.82, 2.24) is 15.2 Å². The van der Waals surface area contributed by atoms with E-state index in [-0.39, 0.29) is 0 Å². The first-order valence-corrected chi connectivity index (χ1v) is 11.7. The standard InChI is InChI=1S/C25H34N4O2/c1-30-22-8-9-23(31-2)24-21(22)15-19(25(27-24)28-11-3-4-12-28)16-26-10-5-13-29-17-18-6-7-20(29)14-18/h6-9,15,18,20,26H,3-5,10-14,16-17H2,1-2H3/t18-,20-/m0/s1. The minimum Gasteiger partial charge on any atom is -0.496 e. The molecule has 2 atom stereocenters. The number of benzene rings is 1. The molecule has 2 fully saturated rings. The number of aromatic nitrogens is 1. The van der Waals surface area contributed by atoms with Crippen LogP contribution in [-0.4, -0.2) is 62.9 Å². The fourth-order valence-electron chi connectivity index (χ4n) is 5.40. The van der Waals surface area contributed by atoms with Crippen molar-refractivity contribution in [2.24, 2.45) is 5.92 Å². The lowest BCUT2D eigenvalue weighted by Crippen LogP contribution is -2.32. The van der Waals surface area contributed by atoms with Crippen LogP contribution in [0.4, 0.5) is 5.82 Å². The van der Waals surface area contributed by atoms with Crippen LogP contribution in [0, 0.1) is 5.92 Å². The van der Waals surface area contributed by atoms with Gasteiger partial charge in [-0.3, -0.25) is 4.90 Å². The summed E-state index contributed by atoms with van der Waals surface area (Å²) < 4.78 is 11.2. The zero-order chi connectivity index (χ0) is 21.2. The van der Waals surface area contributed by atoms with Crippen molar-refractivity contribution >= 4 is 16.7 Å². The van der Waals surface area contributed by atoms with Crippen LogP contribution in [0.15, 0.2) is 30.4 Å². The van der Waals surface area contributed by atoms with E-state index in [0.29, 0.717) is 6.04 Å².